The highest BCUT2D eigenvalue weighted by Crippen LogP contribution is 2.30. The Hall–Kier alpha value is -3.75. The first-order chi connectivity index (χ1) is 18.4. The second kappa shape index (κ2) is 12.9. The summed E-state index contributed by atoms with van der Waals surface area (Å²) >= 11 is 0. The number of allylic oxidation sites excluding steroid dienone is 1. The van der Waals surface area contributed by atoms with Gasteiger partial charge in [0.25, 0.3) is 0 Å². The van der Waals surface area contributed by atoms with Gasteiger partial charge in [-0.15, -0.1) is 0 Å². The van der Waals surface area contributed by atoms with Gasteiger partial charge in [-0.3, -0.25) is 4.79 Å². The fourth-order valence-electron chi connectivity index (χ4n) is 4.24. The zero-order chi connectivity index (χ0) is 28.7. The van der Waals surface area contributed by atoms with Crippen molar-refractivity contribution in [1.82, 2.24) is 0 Å². The molecule has 3 aromatic rings. The van der Waals surface area contributed by atoms with Gasteiger partial charge in [-0.05, 0) is 68.7 Å². The van der Waals surface area contributed by atoms with E-state index in [2.05, 4.69) is 0 Å². The smallest absolute Gasteiger partial charge is 0.339 e. The van der Waals surface area contributed by atoms with Gasteiger partial charge in [0.2, 0.25) is 0 Å². The van der Waals surface area contributed by atoms with E-state index in [9.17, 15) is 24.6 Å². The van der Waals surface area contributed by atoms with Crippen molar-refractivity contribution in [2.24, 2.45) is 5.41 Å². The summed E-state index contributed by atoms with van der Waals surface area (Å²) in [7, 11) is 0. The molecule has 0 bridgehead atoms. The van der Waals surface area contributed by atoms with Gasteiger partial charge in [0.1, 0.15) is 25.9 Å². The number of benzene rings is 3. The van der Waals surface area contributed by atoms with Gasteiger partial charge in [0, 0.05) is 5.57 Å². The fraction of sp³-hybridized carbons (Fsp3) is 0.387. The van der Waals surface area contributed by atoms with Crippen LogP contribution in [-0.4, -0.2) is 60.1 Å². The van der Waals surface area contributed by atoms with E-state index < -0.39 is 35.5 Å². The summed E-state index contributed by atoms with van der Waals surface area (Å²) < 4.78 is 15.8. The van der Waals surface area contributed by atoms with Crippen LogP contribution in [0.4, 0.5) is 0 Å². The summed E-state index contributed by atoms with van der Waals surface area (Å²) in [6, 6.07) is 17.0. The van der Waals surface area contributed by atoms with E-state index in [0.29, 0.717) is 16.7 Å². The molecule has 0 fully saturated rings. The predicted molar refractivity (Wildman–Crippen MR) is 148 cm³/mol. The van der Waals surface area contributed by atoms with Gasteiger partial charge in [0.15, 0.2) is 0 Å². The number of carbonyl (C=O) groups is 3. The predicted octanol–water partition coefficient (Wildman–Crippen LogP) is 4.73. The quantitative estimate of drug-likeness (QED) is 0.156. The van der Waals surface area contributed by atoms with E-state index in [-0.39, 0.29) is 26.2 Å². The summed E-state index contributed by atoms with van der Waals surface area (Å²) in [5.41, 5.74) is 0.428. The van der Waals surface area contributed by atoms with E-state index in [4.69, 9.17) is 14.2 Å². The lowest BCUT2D eigenvalue weighted by atomic mass is 9.84. The van der Waals surface area contributed by atoms with Crippen molar-refractivity contribution in [3.63, 3.8) is 0 Å². The maximum absolute atomic E-state index is 13.1. The highest BCUT2D eigenvalue weighted by molar-refractivity contribution is 6.16. The molecule has 0 radical (unpaired) electrons. The Labute approximate surface area is 228 Å². The number of carbonyl (C=O) groups excluding carboxylic acids is 3. The Balaban J connectivity index is 1.59. The van der Waals surface area contributed by atoms with Crippen molar-refractivity contribution in [1.29, 1.82) is 0 Å². The molecule has 39 heavy (non-hydrogen) atoms. The first-order valence-electron chi connectivity index (χ1n) is 12.8. The van der Waals surface area contributed by atoms with Crippen LogP contribution in [0.15, 0.2) is 65.7 Å². The van der Waals surface area contributed by atoms with Gasteiger partial charge >= 0.3 is 17.9 Å². The second-order valence-corrected chi connectivity index (χ2v) is 10.5. The number of hydrogen-bond donors (Lipinski definition) is 2. The minimum Gasteiger partial charge on any atom is -0.463 e. The first kappa shape index (κ1) is 29.8. The number of aliphatic hydroxyl groups excluding tert-OH is 2. The summed E-state index contributed by atoms with van der Waals surface area (Å²) in [5.74, 6) is -1.71. The van der Waals surface area contributed by atoms with E-state index in [1.54, 1.807) is 27.7 Å². The van der Waals surface area contributed by atoms with Crippen LogP contribution in [0.2, 0.25) is 0 Å². The molecule has 0 aliphatic rings. The van der Waals surface area contributed by atoms with Crippen molar-refractivity contribution in [2.45, 2.75) is 53.2 Å². The lowest BCUT2D eigenvalue weighted by molar-refractivity contribution is -0.156. The zero-order valence-corrected chi connectivity index (χ0v) is 23.0. The van der Waals surface area contributed by atoms with E-state index >= 15 is 0 Å². The Morgan fingerprint density at radius 1 is 0.821 bits per heavy atom. The van der Waals surface area contributed by atoms with Crippen molar-refractivity contribution in [3.8, 4) is 0 Å². The molecule has 0 aliphatic heterocycles. The minimum atomic E-state index is -1.22. The molecule has 3 rings (SSSR count). The number of rotatable bonds is 11. The molecule has 0 heterocycles. The van der Waals surface area contributed by atoms with Crippen LogP contribution in [0, 0.1) is 5.41 Å². The van der Waals surface area contributed by atoms with Crippen LogP contribution in [0.3, 0.4) is 0 Å². The number of aliphatic hydroxyl groups is 2. The van der Waals surface area contributed by atoms with Crippen LogP contribution in [0.1, 0.15) is 51.4 Å². The number of fused-ring (bicyclic) bond motifs is 2. The topological polar surface area (TPSA) is 119 Å². The largest absolute Gasteiger partial charge is 0.463 e. The van der Waals surface area contributed by atoms with Gasteiger partial charge < -0.3 is 24.4 Å². The second-order valence-electron chi connectivity index (χ2n) is 10.5. The lowest BCUT2D eigenvalue weighted by Gasteiger charge is -2.24. The molecule has 0 aromatic heterocycles. The van der Waals surface area contributed by atoms with Crippen molar-refractivity contribution >= 4 is 39.5 Å². The fourth-order valence-corrected chi connectivity index (χ4v) is 4.24. The Morgan fingerprint density at radius 2 is 1.36 bits per heavy atom. The maximum atomic E-state index is 13.1. The summed E-state index contributed by atoms with van der Waals surface area (Å²) in [6.45, 7) is 7.37. The third-order valence-electron chi connectivity index (χ3n) is 6.45. The minimum absolute atomic E-state index is 0.106. The molecular formula is C31H36O8. The molecule has 0 saturated heterocycles. The normalized spacial score (nSPS) is 13.9. The summed E-state index contributed by atoms with van der Waals surface area (Å²) in [5, 5.41) is 23.0. The molecule has 0 saturated carbocycles. The van der Waals surface area contributed by atoms with Crippen LogP contribution >= 0.6 is 0 Å². The number of hydrogen-bond acceptors (Lipinski definition) is 8. The Bertz CT molecular complexity index is 1330. The molecule has 2 N–H and O–H groups in total. The highest BCUT2D eigenvalue weighted by atomic mass is 16.6. The van der Waals surface area contributed by atoms with Crippen molar-refractivity contribution < 1.29 is 38.8 Å². The first-order valence-corrected chi connectivity index (χ1v) is 12.8. The van der Waals surface area contributed by atoms with Crippen LogP contribution in [0.5, 0.6) is 0 Å². The molecule has 0 amide bonds. The molecule has 208 valence electrons. The molecule has 2 atom stereocenters. The van der Waals surface area contributed by atoms with E-state index in [1.165, 1.54) is 6.92 Å². The molecule has 0 aliphatic carbocycles. The lowest BCUT2D eigenvalue weighted by Crippen LogP contribution is -2.30. The number of ether oxygens (including phenoxy) is 3. The average molecular weight is 537 g/mol. The SMILES string of the molecule is C/C(CC(C)(C)C(=O)OCC(C)O)=C(\C)C(=O)OCC(O)COC(=O)c1c2ccccc2cc2ccccc12. The van der Waals surface area contributed by atoms with Gasteiger partial charge in [0.05, 0.1) is 17.1 Å². The van der Waals surface area contributed by atoms with Crippen LogP contribution < -0.4 is 0 Å². The molecule has 8 nitrogen and oxygen atoms in total. The zero-order valence-electron chi connectivity index (χ0n) is 23.0. The Kier molecular flexibility index (Phi) is 9.83. The summed E-state index contributed by atoms with van der Waals surface area (Å²) in [6.07, 6.45) is -1.75. The van der Waals surface area contributed by atoms with Gasteiger partial charge in [-0.2, -0.15) is 0 Å². The van der Waals surface area contributed by atoms with Gasteiger partial charge in [-0.1, -0.05) is 54.1 Å². The maximum Gasteiger partial charge on any atom is 0.339 e. The Morgan fingerprint density at radius 3 is 1.92 bits per heavy atom. The molecule has 8 heteroatoms. The summed E-state index contributed by atoms with van der Waals surface area (Å²) in [4.78, 5) is 38.0. The molecule has 0 spiro atoms. The van der Waals surface area contributed by atoms with Crippen LogP contribution in [0.25, 0.3) is 21.5 Å². The standard InChI is InChI=1S/C31H36O8/c1-19(15-31(4,5)30(36)39-16-20(2)32)21(3)28(34)37-17-24(33)18-38-29(35)27-25-12-8-6-10-22(25)14-23-11-7-9-13-26(23)27/h6-14,20,24,32-33H,15-18H2,1-5H3/b21-19-. The molecule has 3 aromatic carbocycles. The van der Waals surface area contributed by atoms with Crippen molar-refractivity contribution in [3.05, 3.63) is 71.3 Å². The molecular weight excluding hydrogens is 500 g/mol. The van der Waals surface area contributed by atoms with E-state index in [0.717, 1.165) is 21.5 Å². The average Bonchev–Trinajstić information content (AvgIpc) is 2.90. The highest BCUT2D eigenvalue weighted by Gasteiger charge is 2.31. The third-order valence-corrected chi connectivity index (χ3v) is 6.45. The van der Waals surface area contributed by atoms with Gasteiger partial charge in [-0.25, -0.2) is 9.59 Å². The third kappa shape index (κ3) is 7.65. The van der Waals surface area contributed by atoms with Crippen molar-refractivity contribution in [2.75, 3.05) is 19.8 Å². The number of esters is 3. The molecule has 2 unspecified atom stereocenters. The van der Waals surface area contributed by atoms with Crippen LogP contribution in [-0.2, 0) is 23.8 Å². The monoisotopic (exact) mass is 536 g/mol. The van der Waals surface area contributed by atoms with E-state index in [1.807, 2.05) is 54.6 Å².